The number of aliphatic imine (C=N–C) groups is 1. The zero-order chi connectivity index (χ0) is 19.3. The minimum Gasteiger partial charge on any atom is -0.342 e. The molecular weight excluding hydrogens is 340 g/mol. The summed E-state index contributed by atoms with van der Waals surface area (Å²) in [6.07, 6.45) is 0.949. The summed E-state index contributed by atoms with van der Waals surface area (Å²) in [6.45, 7) is 7.65. The molecule has 0 aromatic heterocycles. The predicted molar refractivity (Wildman–Crippen MR) is 117 cm³/mol. The van der Waals surface area contributed by atoms with Gasteiger partial charge >= 0.3 is 0 Å². The first kappa shape index (κ1) is 17.2. The summed E-state index contributed by atoms with van der Waals surface area (Å²) in [5.41, 5.74) is 9.00. The Labute approximate surface area is 167 Å². The molecule has 2 unspecified atom stereocenters. The minimum atomic E-state index is -0.332. The Hall–Kier alpha value is -2.87. The summed E-state index contributed by atoms with van der Waals surface area (Å²) in [6, 6.07) is 26.5. The number of benzene rings is 3. The van der Waals surface area contributed by atoms with Crippen LogP contribution in [0.2, 0.25) is 0 Å². The molecule has 0 spiro atoms. The summed E-state index contributed by atoms with van der Waals surface area (Å²) in [7, 11) is 0. The van der Waals surface area contributed by atoms with Crippen molar-refractivity contribution in [2.45, 2.75) is 45.3 Å². The number of rotatable bonds is 2. The maximum Gasteiger partial charge on any atom is 0.140 e. The molecule has 2 aliphatic heterocycles. The van der Waals surface area contributed by atoms with Crippen LogP contribution in [0.4, 0.5) is 5.69 Å². The topological polar surface area (TPSA) is 15.6 Å². The Morgan fingerprint density at radius 3 is 2.50 bits per heavy atom. The van der Waals surface area contributed by atoms with Gasteiger partial charge in [-0.1, -0.05) is 73.7 Å². The molecule has 5 rings (SSSR count). The maximum atomic E-state index is 5.46. The lowest BCUT2D eigenvalue weighted by molar-refractivity contribution is 0.363. The maximum absolute atomic E-state index is 5.46. The van der Waals surface area contributed by atoms with E-state index in [1.807, 2.05) is 0 Å². The van der Waals surface area contributed by atoms with E-state index >= 15 is 0 Å². The van der Waals surface area contributed by atoms with Crippen molar-refractivity contribution in [3.63, 3.8) is 0 Å². The van der Waals surface area contributed by atoms with Gasteiger partial charge in [0, 0.05) is 23.5 Å². The molecule has 0 radical (unpaired) electrons. The fourth-order valence-corrected chi connectivity index (χ4v) is 5.17. The first-order valence-corrected chi connectivity index (χ1v) is 10.2. The van der Waals surface area contributed by atoms with E-state index in [1.165, 1.54) is 39.2 Å². The molecule has 0 fully saturated rings. The number of hydrogen-bond donors (Lipinski definition) is 0. The molecule has 3 aromatic rings. The van der Waals surface area contributed by atoms with Crippen molar-refractivity contribution in [2.75, 3.05) is 4.90 Å². The van der Waals surface area contributed by atoms with Crippen molar-refractivity contribution in [1.82, 2.24) is 0 Å². The molecule has 28 heavy (non-hydrogen) atoms. The Morgan fingerprint density at radius 2 is 1.71 bits per heavy atom. The molecule has 0 N–H and O–H groups in total. The Bertz CT molecular complexity index is 1070. The predicted octanol–water partition coefficient (Wildman–Crippen LogP) is 6.08. The highest BCUT2D eigenvalue weighted by Crippen LogP contribution is 2.50. The van der Waals surface area contributed by atoms with Gasteiger partial charge in [0.05, 0.1) is 5.92 Å². The smallest absolute Gasteiger partial charge is 0.140 e. The molecular formula is C26H26N2. The highest BCUT2D eigenvalue weighted by atomic mass is 15.3. The number of anilines is 1. The molecule has 2 nitrogen and oxygen atoms in total. The summed E-state index contributed by atoms with van der Waals surface area (Å²) in [4.78, 5) is 7.99. The van der Waals surface area contributed by atoms with Gasteiger partial charge in [-0.3, -0.25) is 4.99 Å². The van der Waals surface area contributed by atoms with Crippen LogP contribution in [0.3, 0.4) is 0 Å². The Balaban J connectivity index is 1.82. The highest BCUT2D eigenvalue weighted by Gasteiger charge is 2.48. The van der Waals surface area contributed by atoms with Crippen LogP contribution in [0.15, 0.2) is 77.8 Å². The van der Waals surface area contributed by atoms with E-state index in [2.05, 4.69) is 98.5 Å². The van der Waals surface area contributed by atoms with E-state index in [0.29, 0.717) is 0 Å². The summed E-state index contributed by atoms with van der Waals surface area (Å²) in [5, 5.41) is 0. The third-order valence-corrected chi connectivity index (χ3v) is 6.45. The lowest BCUT2D eigenvalue weighted by atomic mass is 9.74. The molecule has 2 heteroatoms. The quantitative estimate of drug-likeness (QED) is 0.537. The van der Waals surface area contributed by atoms with Crippen LogP contribution in [-0.2, 0) is 6.54 Å². The van der Waals surface area contributed by atoms with Crippen molar-refractivity contribution < 1.29 is 0 Å². The largest absolute Gasteiger partial charge is 0.342 e. The Morgan fingerprint density at radius 1 is 0.964 bits per heavy atom. The van der Waals surface area contributed by atoms with E-state index in [0.717, 1.165) is 13.0 Å². The molecule has 3 aromatic carbocycles. The van der Waals surface area contributed by atoms with Gasteiger partial charge < -0.3 is 4.90 Å². The van der Waals surface area contributed by atoms with Crippen molar-refractivity contribution >= 4 is 11.4 Å². The zero-order valence-corrected chi connectivity index (χ0v) is 16.8. The van der Waals surface area contributed by atoms with Crippen LogP contribution in [0.5, 0.6) is 0 Å². The standard InChI is InChI=1S/C26H26N2/c1-4-22-24-18(2)11-10-16-23(24)28-17-20-14-8-9-15-21(20)25(26(28,3)27-22)19-12-6-5-7-13-19/h5-16,25H,4,17H2,1-3H3. The van der Waals surface area contributed by atoms with Gasteiger partial charge in [-0.05, 0) is 48.6 Å². The van der Waals surface area contributed by atoms with Gasteiger partial charge in [0.1, 0.15) is 5.66 Å². The summed E-state index contributed by atoms with van der Waals surface area (Å²) < 4.78 is 0. The monoisotopic (exact) mass is 366 g/mol. The summed E-state index contributed by atoms with van der Waals surface area (Å²) in [5.74, 6) is 0.203. The minimum absolute atomic E-state index is 0.203. The first-order valence-electron chi connectivity index (χ1n) is 10.2. The average molecular weight is 367 g/mol. The average Bonchev–Trinajstić information content (AvgIpc) is 2.72. The lowest BCUT2D eigenvalue weighted by Crippen LogP contribution is -2.55. The molecule has 0 saturated heterocycles. The fourth-order valence-electron chi connectivity index (χ4n) is 5.17. The highest BCUT2D eigenvalue weighted by molar-refractivity contribution is 6.08. The van der Waals surface area contributed by atoms with E-state index < -0.39 is 0 Å². The van der Waals surface area contributed by atoms with Gasteiger partial charge in [0.2, 0.25) is 0 Å². The second kappa shape index (κ2) is 6.34. The van der Waals surface area contributed by atoms with Gasteiger partial charge in [-0.2, -0.15) is 0 Å². The molecule has 140 valence electrons. The van der Waals surface area contributed by atoms with E-state index in [-0.39, 0.29) is 11.6 Å². The Kier molecular flexibility index (Phi) is 3.90. The SMILES string of the molecule is CCC1=NC2(C)C(c3ccccc3)c3ccccc3CN2c2cccc(C)c21. The third-order valence-electron chi connectivity index (χ3n) is 6.45. The second-order valence-electron chi connectivity index (χ2n) is 8.10. The molecule has 0 bridgehead atoms. The van der Waals surface area contributed by atoms with E-state index in [4.69, 9.17) is 4.99 Å². The molecule has 2 atom stereocenters. The van der Waals surface area contributed by atoms with Crippen molar-refractivity contribution in [3.05, 3.63) is 101 Å². The van der Waals surface area contributed by atoms with Gasteiger partial charge in [-0.15, -0.1) is 0 Å². The van der Waals surface area contributed by atoms with Crippen LogP contribution in [-0.4, -0.2) is 11.4 Å². The van der Waals surface area contributed by atoms with Crippen LogP contribution in [0, 0.1) is 6.92 Å². The first-order chi connectivity index (χ1) is 13.6. The van der Waals surface area contributed by atoms with Gasteiger partial charge in [0.15, 0.2) is 0 Å². The van der Waals surface area contributed by atoms with Crippen LogP contribution < -0.4 is 4.90 Å². The van der Waals surface area contributed by atoms with Gasteiger partial charge in [-0.25, -0.2) is 0 Å². The van der Waals surface area contributed by atoms with Crippen molar-refractivity contribution in [2.24, 2.45) is 4.99 Å². The molecule has 2 heterocycles. The van der Waals surface area contributed by atoms with Crippen LogP contribution in [0.1, 0.15) is 54.0 Å². The second-order valence-corrected chi connectivity index (χ2v) is 8.10. The molecule has 2 aliphatic rings. The normalized spacial score (nSPS) is 22.8. The summed E-state index contributed by atoms with van der Waals surface area (Å²) >= 11 is 0. The van der Waals surface area contributed by atoms with Crippen molar-refractivity contribution in [1.29, 1.82) is 0 Å². The number of fused-ring (bicyclic) bond motifs is 4. The third kappa shape index (κ3) is 2.37. The molecule has 0 saturated carbocycles. The van der Waals surface area contributed by atoms with E-state index in [9.17, 15) is 0 Å². The zero-order valence-electron chi connectivity index (χ0n) is 16.8. The van der Waals surface area contributed by atoms with Crippen LogP contribution in [0.25, 0.3) is 0 Å². The fraction of sp³-hybridized carbons (Fsp3) is 0.269. The number of hydrogen-bond acceptors (Lipinski definition) is 2. The van der Waals surface area contributed by atoms with Crippen LogP contribution >= 0.6 is 0 Å². The number of aryl methyl sites for hydroxylation is 1. The van der Waals surface area contributed by atoms with Crippen molar-refractivity contribution in [3.8, 4) is 0 Å². The lowest BCUT2D eigenvalue weighted by Gasteiger charge is -2.52. The number of nitrogens with zero attached hydrogens (tertiary/aromatic N) is 2. The molecule has 0 amide bonds. The van der Waals surface area contributed by atoms with Gasteiger partial charge in [0.25, 0.3) is 0 Å². The molecule has 0 aliphatic carbocycles. The van der Waals surface area contributed by atoms with E-state index in [1.54, 1.807) is 0 Å².